The number of likely N-dealkylation sites (tertiary alicyclic amines) is 1. The summed E-state index contributed by atoms with van der Waals surface area (Å²) in [6.45, 7) is 5.23. The third kappa shape index (κ3) is 3.49. The Hall–Kier alpha value is -1.64. The van der Waals surface area contributed by atoms with Gasteiger partial charge < -0.3 is 10.6 Å². The minimum Gasteiger partial charge on any atom is -0.330 e. The zero-order chi connectivity index (χ0) is 17.4. The molecule has 1 unspecified atom stereocenters. The van der Waals surface area contributed by atoms with Crippen LogP contribution < -0.4 is 5.73 Å². The van der Waals surface area contributed by atoms with E-state index in [9.17, 15) is 14.4 Å². The van der Waals surface area contributed by atoms with Gasteiger partial charge in [-0.25, -0.2) is 4.39 Å². The number of hydrogen-bond acceptors (Lipinski definition) is 3. The highest BCUT2D eigenvalue weighted by atomic mass is 35.5. The molecule has 1 aromatic carbocycles. The standard InChI is InChI=1S/C17H21ClFN3O/c1-10(21)16(23)22-14(4-5-15(22)17(2,3)9-20)11-6-12(18)8-13(19)7-11/h6-8,10,14-15H,4-5,21H2,1-3H3/t10-,14+,15?/m1/s1. The Bertz CT molecular complexity index is 633. The van der Waals surface area contributed by atoms with Crippen molar-refractivity contribution in [2.75, 3.05) is 0 Å². The summed E-state index contributed by atoms with van der Waals surface area (Å²) in [5.74, 6) is -0.676. The summed E-state index contributed by atoms with van der Waals surface area (Å²) in [6, 6.07) is 5.28. The van der Waals surface area contributed by atoms with Gasteiger partial charge in [-0.2, -0.15) is 5.26 Å². The summed E-state index contributed by atoms with van der Waals surface area (Å²) in [5, 5.41) is 9.73. The van der Waals surface area contributed by atoms with Gasteiger partial charge in [-0.3, -0.25) is 4.79 Å². The van der Waals surface area contributed by atoms with E-state index in [0.29, 0.717) is 18.4 Å². The SMILES string of the molecule is C[C@@H](N)C(=O)N1C(C(C)(C)C#N)CC[C@H]1c1cc(F)cc(Cl)c1. The molecule has 0 bridgehead atoms. The molecule has 1 fully saturated rings. The number of nitriles is 1. The maximum Gasteiger partial charge on any atom is 0.240 e. The van der Waals surface area contributed by atoms with Crippen molar-refractivity contribution < 1.29 is 9.18 Å². The third-order valence-electron chi connectivity index (χ3n) is 4.42. The van der Waals surface area contributed by atoms with E-state index in [1.165, 1.54) is 12.1 Å². The number of carbonyl (C=O) groups is 1. The largest absolute Gasteiger partial charge is 0.330 e. The first-order valence-electron chi connectivity index (χ1n) is 7.62. The summed E-state index contributed by atoms with van der Waals surface area (Å²) in [7, 11) is 0. The van der Waals surface area contributed by atoms with Crippen LogP contribution in [0.4, 0.5) is 4.39 Å². The Morgan fingerprint density at radius 3 is 2.65 bits per heavy atom. The van der Waals surface area contributed by atoms with Gasteiger partial charge in [-0.1, -0.05) is 11.6 Å². The predicted molar refractivity (Wildman–Crippen MR) is 87.1 cm³/mol. The van der Waals surface area contributed by atoms with E-state index in [-0.39, 0.29) is 23.0 Å². The summed E-state index contributed by atoms with van der Waals surface area (Å²) in [6.07, 6.45) is 1.31. The Labute approximate surface area is 141 Å². The molecule has 1 saturated heterocycles. The molecule has 2 N–H and O–H groups in total. The number of benzene rings is 1. The van der Waals surface area contributed by atoms with Gasteiger partial charge in [-0.05, 0) is 57.4 Å². The summed E-state index contributed by atoms with van der Waals surface area (Å²) < 4.78 is 13.7. The fraction of sp³-hybridized carbons (Fsp3) is 0.529. The number of nitrogens with two attached hydrogens (primary N) is 1. The van der Waals surface area contributed by atoms with Crippen LogP contribution in [-0.2, 0) is 4.79 Å². The van der Waals surface area contributed by atoms with E-state index < -0.39 is 17.3 Å². The van der Waals surface area contributed by atoms with Gasteiger partial charge in [-0.15, -0.1) is 0 Å². The molecule has 124 valence electrons. The molecule has 0 saturated carbocycles. The Morgan fingerprint density at radius 1 is 1.48 bits per heavy atom. The smallest absolute Gasteiger partial charge is 0.240 e. The molecule has 0 spiro atoms. The lowest BCUT2D eigenvalue weighted by Gasteiger charge is -2.37. The zero-order valence-corrected chi connectivity index (χ0v) is 14.3. The first-order valence-corrected chi connectivity index (χ1v) is 8.00. The molecule has 1 aliphatic heterocycles. The van der Waals surface area contributed by atoms with Gasteiger partial charge >= 0.3 is 0 Å². The van der Waals surface area contributed by atoms with E-state index in [1.54, 1.807) is 31.7 Å². The maximum absolute atomic E-state index is 13.7. The fourth-order valence-corrected chi connectivity index (χ4v) is 3.46. The van der Waals surface area contributed by atoms with Gasteiger partial charge in [0.2, 0.25) is 5.91 Å². The van der Waals surface area contributed by atoms with Crippen LogP contribution >= 0.6 is 11.6 Å². The van der Waals surface area contributed by atoms with Crippen LogP contribution in [0.3, 0.4) is 0 Å². The van der Waals surface area contributed by atoms with E-state index in [2.05, 4.69) is 6.07 Å². The highest BCUT2D eigenvalue weighted by Gasteiger charge is 2.46. The van der Waals surface area contributed by atoms with Gasteiger partial charge in [0, 0.05) is 5.02 Å². The number of carbonyl (C=O) groups excluding carboxylic acids is 1. The van der Waals surface area contributed by atoms with E-state index in [1.807, 2.05) is 0 Å². The lowest BCUT2D eigenvalue weighted by Crippen LogP contribution is -2.50. The van der Waals surface area contributed by atoms with Crippen molar-refractivity contribution >= 4 is 17.5 Å². The molecule has 3 atom stereocenters. The lowest BCUT2D eigenvalue weighted by molar-refractivity contribution is -0.137. The molecule has 4 nitrogen and oxygen atoms in total. The molecule has 23 heavy (non-hydrogen) atoms. The van der Waals surface area contributed by atoms with Crippen molar-refractivity contribution in [2.24, 2.45) is 11.1 Å². The topological polar surface area (TPSA) is 70.1 Å². The van der Waals surface area contributed by atoms with Crippen molar-refractivity contribution in [1.29, 1.82) is 5.26 Å². The highest BCUT2D eigenvalue weighted by molar-refractivity contribution is 6.30. The molecule has 2 rings (SSSR count). The summed E-state index contributed by atoms with van der Waals surface area (Å²) >= 11 is 5.95. The van der Waals surface area contributed by atoms with Gasteiger partial charge in [0.25, 0.3) is 0 Å². The maximum atomic E-state index is 13.7. The number of nitrogens with zero attached hydrogens (tertiary/aromatic N) is 2. The average Bonchev–Trinajstić information content (AvgIpc) is 2.90. The Balaban J connectivity index is 2.47. The Morgan fingerprint density at radius 2 is 2.13 bits per heavy atom. The van der Waals surface area contributed by atoms with Crippen LogP contribution in [0.5, 0.6) is 0 Å². The van der Waals surface area contributed by atoms with Crippen LogP contribution in [0.25, 0.3) is 0 Å². The Kier molecular flexibility index (Phi) is 4.98. The number of halogens is 2. The van der Waals surface area contributed by atoms with Crippen molar-refractivity contribution in [3.05, 3.63) is 34.6 Å². The number of hydrogen-bond donors (Lipinski definition) is 1. The predicted octanol–water partition coefficient (Wildman–Crippen LogP) is 3.41. The van der Waals surface area contributed by atoms with Crippen LogP contribution in [0.2, 0.25) is 5.02 Å². The second kappa shape index (κ2) is 6.46. The average molecular weight is 338 g/mol. The van der Waals surface area contributed by atoms with Gasteiger partial charge in [0.1, 0.15) is 5.82 Å². The van der Waals surface area contributed by atoms with Crippen molar-refractivity contribution in [3.63, 3.8) is 0 Å². The van der Waals surface area contributed by atoms with Crippen molar-refractivity contribution in [1.82, 2.24) is 4.90 Å². The molecule has 0 aromatic heterocycles. The molecule has 6 heteroatoms. The molecule has 0 radical (unpaired) electrons. The van der Waals surface area contributed by atoms with Crippen molar-refractivity contribution in [2.45, 2.75) is 51.7 Å². The second-order valence-corrected chi connectivity index (χ2v) is 7.12. The van der Waals surface area contributed by atoms with Gasteiger partial charge in [0.15, 0.2) is 0 Å². The summed E-state index contributed by atoms with van der Waals surface area (Å²) in [4.78, 5) is 14.3. The molecule has 1 amide bonds. The van der Waals surface area contributed by atoms with Crippen LogP contribution in [0.1, 0.15) is 45.2 Å². The highest BCUT2D eigenvalue weighted by Crippen LogP contribution is 2.43. The van der Waals surface area contributed by atoms with Crippen LogP contribution in [-0.4, -0.2) is 22.9 Å². The van der Waals surface area contributed by atoms with E-state index >= 15 is 0 Å². The minimum absolute atomic E-state index is 0.235. The first kappa shape index (κ1) is 17.7. The molecule has 0 aliphatic carbocycles. The lowest BCUT2D eigenvalue weighted by atomic mass is 9.84. The quantitative estimate of drug-likeness (QED) is 0.918. The molecule has 1 aliphatic rings. The minimum atomic E-state index is -0.712. The number of rotatable bonds is 3. The zero-order valence-electron chi connectivity index (χ0n) is 13.5. The van der Waals surface area contributed by atoms with Crippen LogP contribution in [0, 0.1) is 22.6 Å². The van der Waals surface area contributed by atoms with E-state index in [4.69, 9.17) is 17.3 Å². The van der Waals surface area contributed by atoms with Crippen molar-refractivity contribution in [3.8, 4) is 6.07 Å². The molecular weight excluding hydrogens is 317 g/mol. The van der Waals surface area contributed by atoms with E-state index in [0.717, 1.165) is 0 Å². The first-order chi connectivity index (χ1) is 10.7. The third-order valence-corrected chi connectivity index (χ3v) is 4.64. The number of amides is 1. The molecular formula is C17H21ClFN3O. The normalized spacial score (nSPS) is 22.7. The summed E-state index contributed by atoms with van der Waals surface area (Å²) in [5.41, 5.74) is 5.72. The van der Waals surface area contributed by atoms with Crippen LogP contribution in [0.15, 0.2) is 18.2 Å². The monoisotopic (exact) mass is 337 g/mol. The van der Waals surface area contributed by atoms with Gasteiger partial charge in [0.05, 0.1) is 29.6 Å². The molecule has 1 heterocycles. The molecule has 1 aromatic rings. The fourth-order valence-electron chi connectivity index (χ4n) is 3.23. The second-order valence-electron chi connectivity index (χ2n) is 6.68.